The molecule has 0 aliphatic rings. The topological polar surface area (TPSA) is 106 Å². The molecule has 0 atom stereocenters. The Bertz CT molecular complexity index is 472. The number of benzene rings is 1. The van der Waals surface area contributed by atoms with Crippen LogP contribution in [-0.4, -0.2) is 20.8 Å². The SMILES string of the molecule is Nc1ccc(S(=O)(=O)CCCCC[O])c(N)c1. The van der Waals surface area contributed by atoms with Crippen molar-refractivity contribution < 1.29 is 13.5 Å². The van der Waals surface area contributed by atoms with E-state index in [-0.39, 0.29) is 22.9 Å². The molecule has 4 N–H and O–H groups in total. The normalized spacial score (nSPS) is 11.6. The first-order valence-corrected chi connectivity index (χ1v) is 7.08. The molecule has 0 aliphatic carbocycles. The van der Waals surface area contributed by atoms with Crippen LogP contribution in [0.3, 0.4) is 0 Å². The second kappa shape index (κ2) is 5.88. The maximum absolute atomic E-state index is 11.9. The Morgan fingerprint density at radius 1 is 1.06 bits per heavy atom. The summed E-state index contributed by atoms with van der Waals surface area (Å²) in [6, 6.07) is 4.37. The highest BCUT2D eigenvalue weighted by Crippen LogP contribution is 2.22. The van der Waals surface area contributed by atoms with Crippen molar-refractivity contribution in [2.75, 3.05) is 23.8 Å². The van der Waals surface area contributed by atoms with Gasteiger partial charge in [0, 0.05) is 5.69 Å². The third-order valence-electron chi connectivity index (χ3n) is 2.43. The van der Waals surface area contributed by atoms with Crippen molar-refractivity contribution in [2.45, 2.75) is 24.2 Å². The molecule has 6 heteroatoms. The fourth-order valence-corrected chi connectivity index (χ4v) is 3.03. The largest absolute Gasteiger partial charge is 0.399 e. The minimum absolute atomic E-state index is 0.0150. The zero-order valence-corrected chi connectivity index (χ0v) is 10.4. The average Bonchev–Trinajstić information content (AvgIpc) is 2.24. The van der Waals surface area contributed by atoms with Crippen LogP contribution >= 0.6 is 0 Å². The molecule has 0 aliphatic heterocycles. The molecule has 0 unspecified atom stereocenters. The van der Waals surface area contributed by atoms with Crippen LogP contribution in [0.15, 0.2) is 23.1 Å². The fraction of sp³-hybridized carbons (Fsp3) is 0.455. The molecule has 0 aromatic heterocycles. The maximum atomic E-state index is 11.9. The van der Waals surface area contributed by atoms with Crippen LogP contribution in [0.2, 0.25) is 0 Å². The van der Waals surface area contributed by atoms with Crippen molar-refractivity contribution in [3.05, 3.63) is 18.2 Å². The molecule has 0 saturated carbocycles. The van der Waals surface area contributed by atoms with Crippen LogP contribution < -0.4 is 11.5 Å². The van der Waals surface area contributed by atoms with Crippen molar-refractivity contribution in [1.82, 2.24) is 0 Å². The summed E-state index contributed by atoms with van der Waals surface area (Å²) in [5.41, 5.74) is 11.7. The third kappa shape index (κ3) is 3.90. The Hall–Kier alpha value is -1.27. The smallest absolute Gasteiger partial charge is 0.180 e. The number of hydrogen-bond acceptors (Lipinski definition) is 4. The molecule has 0 bridgehead atoms. The van der Waals surface area contributed by atoms with Gasteiger partial charge >= 0.3 is 0 Å². The van der Waals surface area contributed by atoms with Gasteiger partial charge in [0.05, 0.1) is 22.9 Å². The Labute approximate surface area is 101 Å². The number of hydrogen-bond donors (Lipinski definition) is 2. The van der Waals surface area contributed by atoms with E-state index in [1.165, 1.54) is 18.2 Å². The number of nitrogen functional groups attached to an aromatic ring is 2. The van der Waals surface area contributed by atoms with Crippen LogP contribution in [0.25, 0.3) is 0 Å². The zero-order chi connectivity index (χ0) is 12.9. The molecule has 1 aromatic carbocycles. The molecule has 0 saturated heterocycles. The number of nitrogens with two attached hydrogens (primary N) is 2. The van der Waals surface area contributed by atoms with E-state index >= 15 is 0 Å². The number of unbranched alkanes of at least 4 members (excludes halogenated alkanes) is 2. The standard InChI is InChI=1S/C11H17N2O3S/c12-9-4-5-11(10(13)8-9)17(15,16)7-3-1-2-6-14/h4-5,8H,1-3,6-7,12-13H2. The van der Waals surface area contributed by atoms with Crippen molar-refractivity contribution in [1.29, 1.82) is 0 Å². The first-order chi connectivity index (χ1) is 7.97. The van der Waals surface area contributed by atoms with Gasteiger partial charge in [0.15, 0.2) is 9.84 Å². The Morgan fingerprint density at radius 3 is 2.35 bits per heavy atom. The van der Waals surface area contributed by atoms with Crippen LogP contribution in [0.5, 0.6) is 0 Å². The summed E-state index contributed by atoms with van der Waals surface area (Å²) in [4.78, 5) is 0.119. The molecule has 17 heavy (non-hydrogen) atoms. The molecule has 95 valence electrons. The average molecular weight is 257 g/mol. The second-order valence-electron chi connectivity index (χ2n) is 3.88. The monoisotopic (exact) mass is 257 g/mol. The lowest BCUT2D eigenvalue weighted by molar-refractivity contribution is 0.186. The lowest BCUT2D eigenvalue weighted by atomic mass is 10.3. The summed E-state index contributed by atoms with van der Waals surface area (Å²) in [6.45, 7) is -0.163. The van der Waals surface area contributed by atoms with Crippen LogP contribution in [0, 0.1) is 0 Å². The molecular formula is C11H17N2O3S. The van der Waals surface area contributed by atoms with E-state index in [1.54, 1.807) is 0 Å². The van der Waals surface area contributed by atoms with Crippen LogP contribution in [0.4, 0.5) is 11.4 Å². The summed E-state index contributed by atoms with van der Waals surface area (Å²) in [5, 5.41) is 10.2. The molecule has 1 aromatic rings. The predicted octanol–water partition coefficient (Wildman–Crippen LogP) is 1.23. The predicted molar refractivity (Wildman–Crippen MR) is 66.7 cm³/mol. The zero-order valence-electron chi connectivity index (χ0n) is 9.56. The van der Waals surface area contributed by atoms with Gasteiger partial charge in [-0.2, -0.15) is 0 Å². The van der Waals surface area contributed by atoms with Crippen molar-refractivity contribution in [2.24, 2.45) is 0 Å². The van der Waals surface area contributed by atoms with E-state index in [9.17, 15) is 13.5 Å². The minimum atomic E-state index is -3.37. The van der Waals surface area contributed by atoms with E-state index in [0.29, 0.717) is 24.9 Å². The van der Waals surface area contributed by atoms with E-state index in [1.807, 2.05) is 0 Å². The Morgan fingerprint density at radius 2 is 1.76 bits per heavy atom. The van der Waals surface area contributed by atoms with Crippen molar-refractivity contribution in [3.63, 3.8) is 0 Å². The van der Waals surface area contributed by atoms with Gasteiger partial charge < -0.3 is 11.5 Å². The van der Waals surface area contributed by atoms with E-state index in [4.69, 9.17) is 11.5 Å². The Kier molecular flexibility index (Phi) is 4.77. The van der Waals surface area contributed by atoms with Crippen LogP contribution in [0.1, 0.15) is 19.3 Å². The summed E-state index contributed by atoms with van der Waals surface area (Å²) < 4.78 is 23.9. The highest BCUT2D eigenvalue weighted by Gasteiger charge is 2.17. The highest BCUT2D eigenvalue weighted by atomic mass is 32.2. The molecule has 0 heterocycles. The molecule has 1 rings (SSSR count). The van der Waals surface area contributed by atoms with Gasteiger partial charge in [0.25, 0.3) is 0 Å². The number of sulfone groups is 1. The molecular weight excluding hydrogens is 240 g/mol. The van der Waals surface area contributed by atoms with Gasteiger partial charge in [-0.15, -0.1) is 0 Å². The van der Waals surface area contributed by atoms with E-state index < -0.39 is 9.84 Å². The maximum Gasteiger partial charge on any atom is 0.180 e. The van der Waals surface area contributed by atoms with Gasteiger partial charge in [-0.1, -0.05) is 6.42 Å². The van der Waals surface area contributed by atoms with Gasteiger partial charge in [-0.05, 0) is 31.0 Å². The summed E-state index contributed by atoms with van der Waals surface area (Å²) in [7, 11) is -3.37. The molecule has 0 fully saturated rings. The Balaban J connectivity index is 2.76. The summed E-state index contributed by atoms with van der Waals surface area (Å²) >= 11 is 0. The first kappa shape index (κ1) is 13.8. The van der Waals surface area contributed by atoms with Gasteiger partial charge in [0.2, 0.25) is 0 Å². The van der Waals surface area contributed by atoms with E-state index in [0.717, 1.165) is 0 Å². The van der Waals surface area contributed by atoms with Gasteiger partial charge in [-0.3, -0.25) is 0 Å². The molecule has 5 nitrogen and oxygen atoms in total. The lowest BCUT2D eigenvalue weighted by Crippen LogP contribution is -2.10. The molecule has 1 radical (unpaired) electrons. The number of anilines is 2. The first-order valence-electron chi connectivity index (χ1n) is 5.43. The van der Waals surface area contributed by atoms with Crippen molar-refractivity contribution >= 4 is 21.2 Å². The summed E-state index contributed by atoms with van der Waals surface area (Å²) in [6.07, 6.45) is 1.61. The van der Waals surface area contributed by atoms with Crippen LogP contribution in [-0.2, 0) is 14.9 Å². The minimum Gasteiger partial charge on any atom is -0.399 e. The summed E-state index contributed by atoms with van der Waals surface area (Å²) in [5.74, 6) is 0.0150. The lowest BCUT2D eigenvalue weighted by Gasteiger charge is -2.07. The quantitative estimate of drug-likeness (QED) is 0.590. The molecule has 0 spiro atoms. The van der Waals surface area contributed by atoms with E-state index in [2.05, 4.69) is 0 Å². The van der Waals surface area contributed by atoms with Gasteiger partial charge in [-0.25, -0.2) is 13.5 Å². The second-order valence-corrected chi connectivity index (χ2v) is 5.96. The fourth-order valence-electron chi connectivity index (χ4n) is 1.53. The van der Waals surface area contributed by atoms with Gasteiger partial charge in [0.1, 0.15) is 0 Å². The van der Waals surface area contributed by atoms with Crippen molar-refractivity contribution in [3.8, 4) is 0 Å². The molecule has 0 amide bonds. The third-order valence-corrected chi connectivity index (χ3v) is 4.29. The highest BCUT2D eigenvalue weighted by molar-refractivity contribution is 7.91. The number of rotatable bonds is 6.